The van der Waals surface area contributed by atoms with Crippen molar-refractivity contribution in [2.75, 3.05) is 14.1 Å². The molecule has 0 bridgehead atoms. The van der Waals surface area contributed by atoms with Crippen molar-refractivity contribution in [3.05, 3.63) is 65.7 Å². The fourth-order valence-electron chi connectivity index (χ4n) is 3.83. The van der Waals surface area contributed by atoms with Gasteiger partial charge in [-0.15, -0.1) is 0 Å². The largest absolute Gasteiger partial charge is 0.484 e. The molecule has 0 N–H and O–H groups in total. The minimum absolute atomic E-state index is 0.183. The first-order chi connectivity index (χ1) is 12.5. The topological polar surface area (TPSA) is 66.9 Å². The molecule has 2 aromatic carbocycles. The van der Waals surface area contributed by atoms with Gasteiger partial charge >= 0.3 is 6.03 Å². The van der Waals surface area contributed by atoms with Gasteiger partial charge in [0, 0.05) is 20.5 Å². The molecule has 1 fully saturated rings. The molecule has 2 aliphatic heterocycles. The van der Waals surface area contributed by atoms with Crippen LogP contribution in [0.15, 0.2) is 54.6 Å². The van der Waals surface area contributed by atoms with Gasteiger partial charge in [-0.3, -0.25) is 19.4 Å². The van der Waals surface area contributed by atoms with Gasteiger partial charge in [0.15, 0.2) is 5.41 Å². The smallest absolute Gasteiger partial charge is 0.332 e. The van der Waals surface area contributed by atoms with Gasteiger partial charge in [0.1, 0.15) is 11.9 Å². The normalized spacial score (nSPS) is 21.6. The van der Waals surface area contributed by atoms with Crippen LogP contribution in [0.4, 0.5) is 4.79 Å². The fourth-order valence-corrected chi connectivity index (χ4v) is 3.83. The quantitative estimate of drug-likeness (QED) is 0.741. The van der Waals surface area contributed by atoms with E-state index in [0.717, 1.165) is 20.9 Å². The summed E-state index contributed by atoms with van der Waals surface area (Å²) in [6, 6.07) is 15.9. The summed E-state index contributed by atoms with van der Waals surface area (Å²) in [7, 11) is 2.80. The Morgan fingerprint density at radius 2 is 1.46 bits per heavy atom. The molecule has 4 amide bonds. The van der Waals surface area contributed by atoms with Gasteiger partial charge in [0.2, 0.25) is 0 Å². The molecule has 6 nitrogen and oxygen atoms in total. The number of barbiturate groups is 1. The number of ether oxygens (including phenoxy) is 1. The Bertz CT molecular complexity index is 885. The maximum Gasteiger partial charge on any atom is 0.332 e. The average Bonchev–Trinajstić information content (AvgIpc) is 2.69. The molecule has 2 aliphatic rings. The molecule has 2 aromatic rings. The van der Waals surface area contributed by atoms with Gasteiger partial charge in [-0.1, -0.05) is 48.5 Å². The van der Waals surface area contributed by atoms with Gasteiger partial charge in [-0.2, -0.15) is 0 Å². The van der Waals surface area contributed by atoms with Crippen LogP contribution in [0.3, 0.4) is 0 Å². The summed E-state index contributed by atoms with van der Waals surface area (Å²) < 4.78 is 6.18. The second kappa shape index (κ2) is 5.69. The number of fused-ring (bicyclic) bond motifs is 1. The van der Waals surface area contributed by atoms with Gasteiger partial charge in [0.05, 0.1) is 0 Å². The number of rotatable bonds is 1. The molecule has 1 spiro atoms. The van der Waals surface area contributed by atoms with Gasteiger partial charge in [-0.05, 0) is 17.2 Å². The van der Waals surface area contributed by atoms with Gasteiger partial charge in [0.25, 0.3) is 11.8 Å². The summed E-state index contributed by atoms with van der Waals surface area (Å²) in [5, 5.41) is 0. The van der Waals surface area contributed by atoms with Crippen molar-refractivity contribution < 1.29 is 19.1 Å². The molecule has 1 saturated heterocycles. The third-order valence-electron chi connectivity index (χ3n) is 5.18. The lowest BCUT2D eigenvalue weighted by molar-refractivity contribution is -0.166. The maximum atomic E-state index is 13.2. The fraction of sp³-hybridized carbons (Fsp3) is 0.250. The number of imide groups is 2. The zero-order chi connectivity index (χ0) is 18.5. The van der Waals surface area contributed by atoms with Crippen LogP contribution in [-0.2, 0) is 16.0 Å². The third kappa shape index (κ3) is 2.08. The summed E-state index contributed by atoms with van der Waals surface area (Å²) in [6.45, 7) is 0. The lowest BCUT2D eigenvalue weighted by Crippen LogP contribution is -2.67. The predicted molar refractivity (Wildman–Crippen MR) is 93.3 cm³/mol. The number of nitrogens with zero attached hydrogens (tertiary/aromatic N) is 2. The number of hydrogen-bond acceptors (Lipinski definition) is 4. The second-order valence-electron chi connectivity index (χ2n) is 6.68. The van der Waals surface area contributed by atoms with E-state index >= 15 is 0 Å². The third-order valence-corrected chi connectivity index (χ3v) is 5.18. The van der Waals surface area contributed by atoms with Crippen LogP contribution in [0.5, 0.6) is 5.75 Å². The van der Waals surface area contributed by atoms with E-state index in [2.05, 4.69) is 0 Å². The molecular weight excluding hydrogens is 332 g/mol. The monoisotopic (exact) mass is 350 g/mol. The number of carbonyl (C=O) groups is 3. The van der Waals surface area contributed by atoms with Crippen LogP contribution < -0.4 is 4.74 Å². The van der Waals surface area contributed by atoms with Crippen LogP contribution in [-0.4, -0.2) is 41.7 Å². The molecule has 0 radical (unpaired) electrons. The van der Waals surface area contributed by atoms with Crippen molar-refractivity contribution >= 4 is 17.8 Å². The Kier molecular flexibility index (Phi) is 3.57. The molecule has 0 unspecified atom stereocenters. The van der Waals surface area contributed by atoms with Crippen LogP contribution in [0.25, 0.3) is 0 Å². The minimum Gasteiger partial charge on any atom is -0.484 e. The first-order valence-corrected chi connectivity index (χ1v) is 8.36. The van der Waals surface area contributed by atoms with Crippen LogP contribution >= 0.6 is 0 Å². The van der Waals surface area contributed by atoms with Crippen LogP contribution in [0.1, 0.15) is 17.2 Å². The highest BCUT2D eigenvalue weighted by Gasteiger charge is 2.63. The molecule has 2 heterocycles. The standard InChI is InChI=1S/C20H18N2O4/c1-21-17(23)20(18(24)22(2)19(21)25)12-14-10-6-7-11-15(14)26-16(20)13-8-4-3-5-9-13/h3-11,16H,12H2,1-2H3/t16-/m0/s1. The summed E-state index contributed by atoms with van der Waals surface area (Å²) in [5.41, 5.74) is -0.00925. The molecule has 0 aliphatic carbocycles. The zero-order valence-corrected chi connectivity index (χ0v) is 14.5. The van der Waals surface area contributed by atoms with E-state index in [-0.39, 0.29) is 6.42 Å². The lowest BCUT2D eigenvalue weighted by Gasteiger charge is -2.47. The van der Waals surface area contributed by atoms with Crippen LogP contribution in [0, 0.1) is 5.41 Å². The van der Waals surface area contributed by atoms with Crippen molar-refractivity contribution in [2.45, 2.75) is 12.5 Å². The molecule has 1 atom stereocenters. The second-order valence-corrected chi connectivity index (χ2v) is 6.68. The molecule has 26 heavy (non-hydrogen) atoms. The van der Waals surface area contributed by atoms with Gasteiger partial charge < -0.3 is 4.74 Å². The molecule has 0 aromatic heterocycles. The Morgan fingerprint density at radius 1 is 0.885 bits per heavy atom. The van der Waals surface area contributed by atoms with E-state index in [1.807, 2.05) is 54.6 Å². The number of benzene rings is 2. The highest BCUT2D eigenvalue weighted by molar-refractivity contribution is 6.19. The lowest BCUT2D eigenvalue weighted by atomic mass is 9.69. The van der Waals surface area contributed by atoms with Crippen LogP contribution in [0.2, 0.25) is 0 Å². The van der Waals surface area contributed by atoms with Crippen molar-refractivity contribution in [3.63, 3.8) is 0 Å². The summed E-state index contributed by atoms with van der Waals surface area (Å²) in [5.74, 6) is -0.419. The van der Waals surface area contributed by atoms with Crippen molar-refractivity contribution in [1.82, 2.24) is 9.80 Å². The minimum atomic E-state index is -1.51. The Labute approximate surface area is 151 Å². The van der Waals surface area contributed by atoms with Gasteiger partial charge in [-0.25, -0.2) is 4.79 Å². The molecule has 0 saturated carbocycles. The summed E-state index contributed by atoms with van der Waals surface area (Å²) >= 11 is 0. The van der Waals surface area contributed by atoms with E-state index < -0.39 is 29.4 Å². The molecule has 6 heteroatoms. The molecule has 132 valence electrons. The van der Waals surface area contributed by atoms with Crippen molar-refractivity contribution in [2.24, 2.45) is 5.41 Å². The highest BCUT2D eigenvalue weighted by atomic mass is 16.5. The predicted octanol–water partition coefficient (Wildman–Crippen LogP) is 2.40. The van der Waals surface area contributed by atoms with E-state index in [0.29, 0.717) is 5.75 Å². The number of para-hydroxylation sites is 1. The van der Waals surface area contributed by atoms with E-state index in [1.165, 1.54) is 14.1 Å². The maximum absolute atomic E-state index is 13.2. The van der Waals surface area contributed by atoms with Crippen molar-refractivity contribution in [3.8, 4) is 5.75 Å². The van der Waals surface area contributed by atoms with E-state index in [4.69, 9.17) is 4.74 Å². The van der Waals surface area contributed by atoms with E-state index in [1.54, 1.807) is 0 Å². The molecule has 4 rings (SSSR count). The average molecular weight is 350 g/mol. The summed E-state index contributed by atoms with van der Waals surface area (Å²) in [6.07, 6.45) is -0.626. The number of carbonyl (C=O) groups excluding carboxylic acids is 3. The first-order valence-electron chi connectivity index (χ1n) is 8.36. The molecular formula is C20H18N2O4. The van der Waals surface area contributed by atoms with E-state index in [9.17, 15) is 14.4 Å². The SMILES string of the molecule is CN1C(=O)N(C)C(=O)C2(Cc3ccccc3O[C@H]2c2ccccc2)C1=O. The highest BCUT2D eigenvalue weighted by Crippen LogP contribution is 2.50. The summed E-state index contributed by atoms with van der Waals surface area (Å²) in [4.78, 5) is 40.7. The zero-order valence-electron chi connectivity index (χ0n) is 14.5. The number of amides is 4. The number of hydrogen-bond donors (Lipinski definition) is 0. The first kappa shape index (κ1) is 16.3. The Balaban J connectivity index is 1.94. The number of urea groups is 1. The van der Waals surface area contributed by atoms with Crippen molar-refractivity contribution in [1.29, 1.82) is 0 Å². The Morgan fingerprint density at radius 3 is 2.12 bits per heavy atom. The Hall–Kier alpha value is -3.15.